The molecule has 0 radical (unpaired) electrons. The summed E-state index contributed by atoms with van der Waals surface area (Å²) in [6, 6.07) is 2.86. The highest BCUT2D eigenvalue weighted by Gasteiger charge is 2.11. The number of benzene rings is 1. The van der Waals surface area contributed by atoms with Crippen molar-refractivity contribution in [1.29, 1.82) is 0 Å². The summed E-state index contributed by atoms with van der Waals surface area (Å²) < 4.78 is 18.3. The van der Waals surface area contributed by atoms with Crippen molar-refractivity contribution in [2.24, 2.45) is 0 Å². The number of carbonyl (C=O) groups excluding carboxylic acids is 1. The van der Waals surface area contributed by atoms with Crippen molar-refractivity contribution in [3.05, 3.63) is 33.5 Å². The van der Waals surface area contributed by atoms with Gasteiger partial charge >= 0.3 is 5.97 Å². The lowest BCUT2D eigenvalue weighted by atomic mass is 10.1. The Labute approximate surface area is 101 Å². The molecular formula is C10H9BrClFO2. The fourth-order valence-electron chi connectivity index (χ4n) is 1.11. The molecule has 2 nitrogen and oxygen atoms in total. The summed E-state index contributed by atoms with van der Waals surface area (Å²) in [5, 5.41) is 0. The largest absolute Gasteiger partial charge is 0.469 e. The molecule has 0 amide bonds. The molecule has 5 heteroatoms. The average molecular weight is 296 g/mol. The highest BCUT2D eigenvalue weighted by atomic mass is 79.9. The number of alkyl halides is 1. The van der Waals surface area contributed by atoms with Crippen molar-refractivity contribution in [3.63, 3.8) is 0 Å². The van der Waals surface area contributed by atoms with Crippen LogP contribution in [0, 0.1) is 5.82 Å². The maximum absolute atomic E-state index is 13.2. The topological polar surface area (TPSA) is 26.3 Å². The van der Waals surface area contributed by atoms with Gasteiger partial charge in [0.15, 0.2) is 0 Å². The monoisotopic (exact) mass is 294 g/mol. The molecule has 0 aromatic heterocycles. The predicted octanol–water partition coefficient (Wildman–Crippen LogP) is 3.04. The molecule has 0 heterocycles. The zero-order valence-electron chi connectivity index (χ0n) is 8.02. The van der Waals surface area contributed by atoms with Crippen LogP contribution in [0.25, 0.3) is 0 Å². The second-order valence-electron chi connectivity index (χ2n) is 2.92. The highest BCUT2D eigenvalue weighted by Crippen LogP contribution is 2.23. The fraction of sp³-hybridized carbons (Fsp3) is 0.300. The minimum Gasteiger partial charge on any atom is -0.469 e. The summed E-state index contributed by atoms with van der Waals surface area (Å²) in [5.41, 5.74) is 1.04. The minimum atomic E-state index is -0.384. The van der Waals surface area contributed by atoms with Crippen molar-refractivity contribution in [2.45, 2.75) is 12.3 Å². The smallest absolute Gasteiger partial charge is 0.310 e. The van der Waals surface area contributed by atoms with E-state index in [1.165, 1.54) is 13.2 Å². The molecule has 0 aliphatic carbocycles. The van der Waals surface area contributed by atoms with Crippen LogP contribution < -0.4 is 0 Å². The van der Waals surface area contributed by atoms with E-state index < -0.39 is 0 Å². The normalized spacial score (nSPS) is 10.1. The van der Waals surface area contributed by atoms with Gasteiger partial charge in [0.1, 0.15) is 5.82 Å². The van der Waals surface area contributed by atoms with Gasteiger partial charge in [-0.2, -0.15) is 0 Å². The second-order valence-corrected chi connectivity index (χ2v) is 4.04. The maximum Gasteiger partial charge on any atom is 0.310 e. The zero-order valence-corrected chi connectivity index (χ0v) is 10.4. The van der Waals surface area contributed by atoms with Gasteiger partial charge in [-0.25, -0.2) is 4.39 Å². The summed E-state index contributed by atoms with van der Waals surface area (Å²) in [4.78, 5) is 11.0. The molecule has 0 atom stereocenters. The number of carbonyl (C=O) groups is 1. The predicted molar refractivity (Wildman–Crippen MR) is 59.4 cm³/mol. The Kier molecular flexibility index (Phi) is 4.54. The van der Waals surface area contributed by atoms with Crippen molar-refractivity contribution >= 4 is 33.5 Å². The molecule has 0 saturated carbocycles. The molecule has 0 fully saturated rings. The average Bonchev–Trinajstić information content (AvgIpc) is 2.21. The van der Waals surface area contributed by atoms with E-state index in [9.17, 15) is 9.18 Å². The van der Waals surface area contributed by atoms with Gasteiger partial charge in [-0.15, -0.1) is 11.6 Å². The van der Waals surface area contributed by atoms with E-state index in [4.69, 9.17) is 11.6 Å². The second kappa shape index (κ2) is 5.47. The van der Waals surface area contributed by atoms with E-state index in [1.807, 2.05) is 0 Å². The van der Waals surface area contributed by atoms with Gasteiger partial charge in [0.25, 0.3) is 0 Å². The molecule has 15 heavy (non-hydrogen) atoms. The summed E-state index contributed by atoms with van der Waals surface area (Å²) in [5.74, 6) is -0.680. The van der Waals surface area contributed by atoms with E-state index in [-0.39, 0.29) is 24.1 Å². The molecule has 0 unspecified atom stereocenters. The highest BCUT2D eigenvalue weighted by molar-refractivity contribution is 9.10. The Morgan fingerprint density at radius 3 is 2.73 bits per heavy atom. The summed E-state index contributed by atoms with van der Waals surface area (Å²) in [6.07, 6.45) is 0.0985. The van der Waals surface area contributed by atoms with Crippen LogP contribution >= 0.6 is 27.5 Å². The van der Waals surface area contributed by atoms with Gasteiger partial charge in [-0.1, -0.05) is 15.9 Å². The van der Waals surface area contributed by atoms with Crippen molar-refractivity contribution in [2.75, 3.05) is 7.11 Å². The van der Waals surface area contributed by atoms with Gasteiger partial charge in [0.2, 0.25) is 0 Å². The SMILES string of the molecule is COC(=O)Cc1cc(CCl)c(F)cc1Br. The summed E-state index contributed by atoms with van der Waals surface area (Å²) >= 11 is 8.73. The quantitative estimate of drug-likeness (QED) is 0.633. The Morgan fingerprint density at radius 2 is 2.20 bits per heavy atom. The lowest BCUT2D eigenvalue weighted by Gasteiger charge is -2.06. The minimum absolute atomic E-state index is 0.0767. The molecule has 0 aliphatic rings. The third-order valence-corrected chi connectivity index (χ3v) is 2.95. The molecule has 1 aromatic carbocycles. The Hall–Kier alpha value is -0.610. The van der Waals surface area contributed by atoms with E-state index in [0.717, 1.165) is 0 Å². The molecule has 82 valence electrons. The molecule has 0 aliphatic heterocycles. The van der Waals surface area contributed by atoms with E-state index in [2.05, 4.69) is 20.7 Å². The number of esters is 1. The number of methoxy groups -OCH3 is 1. The molecule has 1 aromatic rings. The third kappa shape index (κ3) is 3.18. The number of hydrogen-bond acceptors (Lipinski definition) is 2. The van der Waals surface area contributed by atoms with Gasteiger partial charge < -0.3 is 4.74 Å². The number of ether oxygens (including phenoxy) is 1. The first-order valence-corrected chi connectivity index (χ1v) is 5.50. The van der Waals surface area contributed by atoms with Crippen LogP contribution in [0.15, 0.2) is 16.6 Å². The molecule has 0 bridgehead atoms. The summed E-state index contributed by atoms with van der Waals surface area (Å²) in [7, 11) is 1.31. The molecule has 0 spiro atoms. The molecule has 0 N–H and O–H groups in total. The fourth-order valence-corrected chi connectivity index (χ4v) is 1.77. The van der Waals surface area contributed by atoms with E-state index in [1.54, 1.807) is 6.07 Å². The number of halogens is 3. The van der Waals surface area contributed by atoms with Gasteiger partial charge in [-0.3, -0.25) is 4.79 Å². The van der Waals surface area contributed by atoms with Crippen LogP contribution in [0.2, 0.25) is 0 Å². The van der Waals surface area contributed by atoms with Crippen molar-refractivity contribution < 1.29 is 13.9 Å². The van der Waals surface area contributed by atoms with Crippen molar-refractivity contribution in [1.82, 2.24) is 0 Å². The maximum atomic E-state index is 13.2. The molecule has 1 rings (SSSR count). The van der Waals surface area contributed by atoms with Crippen LogP contribution in [0.1, 0.15) is 11.1 Å². The van der Waals surface area contributed by atoms with Gasteiger partial charge in [0, 0.05) is 10.0 Å². The van der Waals surface area contributed by atoms with Crippen LogP contribution in [0.5, 0.6) is 0 Å². The van der Waals surface area contributed by atoms with E-state index in [0.29, 0.717) is 15.6 Å². The lowest BCUT2D eigenvalue weighted by molar-refractivity contribution is -0.139. The van der Waals surface area contributed by atoms with Gasteiger partial charge in [0.05, 0.1) is 19.4 Å². The molecular weight excluding hydrogens is 286 g/mol. The van der Waals surface area contributed by atoms with Crippen LogP contribution in [-0.4, -0.2) is 13.1 Å². The van der Waals surface area contributed by atoms with E-state index >= 15 is 0 Å². The Morgan fingerprint density at radius 1 is 1.53 bits per heavy atom. The first-order valence-electron chi connectivity index (χ1n) is 4.18. The van der Waals surface area contributed by atoms with Crippen LogP contribution in [-0.2, 0) is 21.8 Å². The standard InChI is InChI=1S/C10H9BrClFO2/c1-15-10(14)3-6-2-7(5-12)9(13)4-8(6)11/h2,4H,3,5H2,1H3. The first kappa shape index (κ1) is 12.5. The lowest BCUT2D eigenvalue weighted by Crippen LogP contribution is -2.06. The van der Waals surface area contributed by atoms with Crippen molar-refractivity contribution in [3.8, 4) is 0 Å². The number of rotatable bonds is 3. The summed E-state index contributed by atoms with van der Waals surface area (Å²) in [6.45, 7) is 0. The van der Waals surface area contributed by atoms with Gasteiger partial charge in [-0.05, 0) is 17.7 Å². The van der Waals surface area contributed by atoms with Crippen LogP contribution in [0.3, 0.4) is 0 Å². The molecule has 0 saturated heterocycles. The Balaban J connectivity index is 3.02. The number of hydrogen-bond donors (Lipinski definition) is 0. The zero-order chi connectivity index (χ0) is 11.4. The Bertz CT molecular complexity index is 382. The third-order valence-electron chi connectivity index (χ3n) is 1.92. The first-order chi connectivity index (χ1) is 7.08. The van der Waals surface area contributed by atoms with Crippen LogP contribution in [0.4, 0.5) is 4.39 Å².